The fourth-order valence-electron chi connectivity index (χ4n) is 1.34. The van der Waals surface area contributed by atoms with Gasteiger partial charge in [-0.1, -0.05) is 19.8 Å². The molecular formula is C9H19N2. The van der Waals surface area contributed by atoms with Crippen LogP contribution >= 0.6 is 0 Å². The van der Waals surface area contributed by atoms with Gasteiger partial charge in [-0.05, 0) is 6.42 Å². The molecule has 0 amide bonds. The predicted molar refractivity (Wildman–Crippen MR) is 48.3 cm³/mol. The fraction of sp³-hybridized carbons (Fsp3) is 0.889. The molecule has 0 aromatic heterocycles. The molecule has 1 rings (SSSR count). The summed E-state index contributed by atoms with van der Waals surface area (Å²) in [5, 5.41) is 3.34. The van der Waals surface area contributed by atoms with Gasteiger partial charge in [0.2, 0.25) is 0 Å². The topological polar surface area (TPSA) is 15.3 Å². The molecule has 0 aromatic carbocycles. The smallest absolute Gasteiger partial charge is 0.0252 e. The van der Waals surface area contributed by atoms with Crippen molar-refractivity contribution in [2.24, 2.45) is 0 Å². The van der Waals surface area contributed by atoms with Crippen molar-refractivity contribution in [1.29, 1.82) is 0 Å². The average Bonchev–Trinajstić information content (AvgIpc) is 2.07. The molecule has 0 unspecified atom stereocenters. The number of hydrogen-bond acceptors (Lipinski definition) is 2. The van der Waals surface area contributed by atoms with Gasteiger partial charge in [-0.2, -0.15) is 0 Å². The molecule has 0 spiro atoms. The summed E-state index contributed by atoms with van der Waals surface area (Å²) in [4.78, 5) is 2.44. The molecule has 1 saturated heterocycles. The predicted octanol–water partition coefficient (Wildman–Crippen LogP) is 1.24. The minimum Gasteiger partial charge on any atom is -0.314 e. The van der Waals surface area contributed by atoms with E-state index in [0.717, 1.165) is 13.1 Å². The second kappa shape index (κ2) is 5.56. The Bertz CT molecular complexity index is 87.6. The molecule has 0 aromatic rings. The van der Waals surface area contributed by atoms with Crippen LogP contribution in [0.25, 0.3) is 0 Å². The van der Waals surface area contributed by atoms with Crippen molar-refractivity contribution in [2.75, 3.05) is 26.2 Å². The third-order valence-corrected chi connectivity index (χ3v) is 2.10. The molecule has 1 aliphatic rings. The second-order valence-corrected chi connectivity index (χ2v) is 3.11. The molecule has 1 radical (unpaired) electrons. The largest absolute Gasteiger partial charge is 0.314 e. The van der Waals surface area contributed by atoms with Crippen molar-refractivity contribution in [2.45, 2.75) is 26.2 Å². The molecular weight excluding hydrogens is 136 g/mol. The van der Waals surface area contributed by atoms with Crippen LogP contribution in [0.5, 0.6) is 0 Å². The van der Waals surface area contributed by atoms with Gasteiger partial charge in [0.15, 0.2) is 0 Å². The quantitative estimate of drug-likeness (QED) is 0.615. The van der Waals surface area contributed by atoms with E-state index in [9.17, 15) is 0 Å². The molecule has 0 bridgehead atoms. The summed E-state index contributed by atoms with van der Waals surface area (Å²) in [6.07, 6.45) is 3.91. The van der Waals surface area contributed by atoms with E-state index in [2.05, 4.69) is 23.7 Å². The summed E-state index contributed by atoms with van der Waals surface area (Å²) in [5.41, 5.74) is 0. The number of piperazine rings is 1. The Labute approximate surface area is 70.0 Å². The van der Waals surface area contributed by atoms with Crippen LogP contribution in [0.1, 0.15) is 26.2 Å². The van der Waals surface area contributed by atoms with Gasteiger partial charge >= 0.3 is 0 Å². The first-order chi connectivity index (χ1) is 5.43. The van der Waals surface area contributed by atoms with Gasteiger partial charge in [0.05, 0.1) is 0 Å². The highest BCUT2D eigenvalue weighted by atomic mass is 15.2. The van der Waals surface area contributed by atoms with Crippen LogP contribution < -0.4 is 5.32 Å². The summed E-state index contributed by atoms with van der Waals surface area (Å²) in [7, 11) is 0. The first-order valence-corrected chi connectivity index (χ1v) is 4.71. The average molecular weight is 155 g/mol. The third-order valence-electron chi connectivity index (χ3n) is 2.10. The number of rotatable bonds is 4. The van der Waals surface area contributed by atoms with E-state index in [1.165, 1.54) is 32.4 Å². The number of nitrogens with one attached hydrogen (secondary N) is 1. The first kappa shape index (κ1) is 9.01. The van der Waals surface area contributed by atoms with Crippen molar-refractivity contribution in [1.82, 2.24) is 10.2 Å². The summed E-state index contributed by atoms with van der Waals surface area (Å²) in [6, 6.07) is 0. The lowest BCUT2D eigenvalue weighted by atomic mass is 10.2. The standard InChI is InChI=1S/C9H19N2/c1-2-3-4-7-11-8-5-10-6-9-11/h7,10H,2-6,8-9H2,1H3. The zero-order chi connectivity index (χ0) is 7.94. The van der Waals surface area contributed by atoms with Gasteiger partial charge in [0.25, 0.3) is 0 Å². The van der Waals surface area contributed by atoms with E-state index in [1.807, 2.05) is 0 Å². The summed E-state index contributed by atoms with van der Waals surface area (Å²) in [6.45, 7) is 9.31. The van der Waals surface area contributed by atoms with Gasteiger partial charge < -0.3 is 5.32 Å². The molecule has 65 valence electrons. The minimum absolute atomic E-state index is 1.16. The molecule has 0 saturated carbocycles. The van der Waals surface area contributed by atoms with Gasteiger partial charge in [-0.25, -0.2) is 0 Å². The highest BCUT2D eigenvalue weighted by Crippen LogP contribution is 2.03. The Hall–Kier alpha value is -0.0800. The van der Waals surface area contributed by atoms with Crippen LogP contribution in [0.4, 0.5) is 0 Å². The lowest BCUT2D eigenvalue weighted by Crippen LogP contribution is -2.41. The van der Waals surface area contributed by atoms with Crippen LogP contribution in [0.3, 0.4) is 0 Å². The minimum atomic E-state index is 1.16. The van der Waals surface area contributed by atoms with Crippen molar-refractivity contribution in [3.05, 3.63) is 6.54 Å². The molecule has 11 heavy (non-hydrogen) atoms. The Kier molecular flexibility index (Phi) is 4.55. The lowest BCUT2D eigenvalue weighted by molar-refractivity contribution is 0.281. The fourth-order valence-corrected chi connectivity index (χ4v) is 1.34. The van der Waals surface area contributed by atoms with Gasteiger partial charge in [-0.15, -0.1) is 0 Å². The van der Waals surface area contributed by atoms with Crippen LogP contribution in [0.2, 0.25) is 0 Å². The second-order valence-electron chi connectivity index (χ2n) is 3.11. The van der Waals surface area contributed by atoms with E-state index in [0.29, 0.717) is 0 Å². The van der Waals surface area contributed by atoms with Gasteiger partial charge in [-0.3, -0.25) is 4.90 Å². The molecule has 2 nitrogen and oxygen atoms in total. The Morgan fingerprint density at radius 3 is 2.73 bits per heavy atom. The van der Waals surface area contributed by atoms with Crippen molar-refractivity contribution in [3.8, 4) is 0 Å². The van der Waals surface area contributed by atoms with E-state index < -0.39 is 0 Å². The normalized spacial score (nSPS) is 20.5. The zero-order valence-electron chi connectivity index (χ0n) is 7.47. The van der Waals surface area contributed by atoms with Crippen molar-refractivity contribution < 1.29 is 0 Å². The third kappa shape index (κ3) is 3.73. The maximum absolute atomic E-state index is 3.34. The Morgan fingerprint density at radius 2 is 2.09 bits per heavy atom. The zero-order valence-corrected chi connectivity index (χ0v) is 7.47. The van der Waals surface area contributed by atoms with E-state index in [-0.39, 0.29) is 0 Å². The van der Waals surface area contributed by atoms with E-state index >= 15 is 0 Å². The van der Waals surface area contributed by atoms with Gasteiger partial charge in [0, 0.05) is 32.7 Å². The molecule has 0 atom stereocenters. The summed E-state index contributed by atoms with van der Waals surface area (Å²) in [5.74, 6) is 0. The summed E-state index contributed by atoms with van der Waals surface area (Å²) >= 11 is 0. The van der Waals surface area contributed by atoms with E-state index in [1.54, 1.807) is 0 Å². The van der Waals surface area contributed by atoms with Crippen molar-refractivity contribution in [3.63, 3.8) is 0 Å². The SMILES string of the molecule is CCCC[CH]N1CCNCC1. The molecule has 1 heterocycles. The molecule has 1 N–H and O–H groups in total. The van der Waals surface area contributed by atoms with Gasteiger partial charge in [0.1, 0.15) is 0 Å². The molecule has 1 aliphatic heterocycles. The Morgan fingerprint density at radius 1 is 1.36 bits per heavy atom. The highest BCUT2D eigenvalue weighted by Gasteiger charge is 2.07. The first-order valence-electron chi connectivity index (χ1n) is 4.71. The monoisotopic (exact) mass is 155 g/mol. The lowest BCUT2D eigenvalue weighted by Gasteiger charge is -2.26. The highest BCUT2D eigenvalue weighted by molar-refractivity contribution is 4.74. The summed E-state index contributed by atoms with van der Waals surface area (Å²) < 4.78 is 0. The van der Waals surface area contributed by atoms with E-state index in [4.69, 9.17) is 0 Å². The van der Waals surface area contributed by atoms with Crippen LogP contribution in [0, 0.1) is 6.54 Å². The van der Waals surface area contributed by atoms with Crippen molar-refractivity contribution >= 4 is 0 Å². The maximum Gasteiger partial charge on any atom is 0.0252 e. The maximum atomic E-state index is 3.34. The molecule has 0 aliphatic carbocycles. The van der Waals surface area contributed by atoms with Crippen LogP contribution in [-0.4, -0.2) is 31.1 Å². The molecule has 1 fully saturated rings. The number of nitrogens with zero attached hydrogens (tertiary/aromatic N) is 1. The number of hydrogen-bond donors (Lipinski definition) is 1. The van der Waals surface area contributed by atoms with Crippen LogP contribution in [-0.2, 0) is 0 Å². The molecule has 2 heteroatoms. The Balaban J connectivity index is 1.96. The van der Waals surface area contributed by atoms with Crippen LogP contribution in [0.15, 0.2) is 0 Å². The number of unbranched alkanes of at least 4 members (excludes halogenated alkanes) is 2.